The summed E-state index contributed by atoms with van der Waals surface area (Å²) in [6.45, 7) is 7.56. The third-order valence-corrected chi connectivity index (χ3v) is 8.43. The number of carbonyl (C=O) groups is 2. The van der Waals surface area contributed by atoms with Gasteiger partial charge in [0.2, 0.25) is 11.8 Å². The first-order chi connectivity index (χ1) is 13.1. The summed E-state index contributed by atoms with van der Waals surface area (Å²) in [4.78, 5) is 23.8. The van der Waals surface area contributed by atoms with Gasteiger partial charge in [-0.25, -0.2) is 0 Å². The lowest BCUT2D eigenvalue weighted by atomic mass is 9.51. The maximum atomic E-state index is 12.0. The molecule has 5 heteroatoms. The van der Waals surface area contributed by atoms with E-state index in [1.54, 1.807) is 6.92 Å². The van der Waals surface area contributed by atoms with Crippen molar-refractivity contribution in [3.05, 3.63) is 23.3 Å². The molecule has 0 aromatic carbocycles. The molecule has 0 saturated heterocycles. The van der Waals surface area contributed by atoms with E-state index in [-0.39, 0.29) is 29.2 Å². The van der Waals surface area contributed by atoms with E-state index in [9.17, 15) is 14.7 Å². The molecular formula is C23H34N2O3. The second-order valence-corrected chi connectivity index (χ2v) is 9.93. The summed E-state index contributed by atoms with van der Waals surface area (Å²) in [5.41, 5.74) is 1.29. The Hall–Kier alpha value is -1.62. The van der Waals surface area contributed by atoms with E-state index >= 15 is 0 Å². The molecule has 154 valence electrons. The van der Waals surface area contributed by atoms with E-state index in [1.165, 1.54) is 18.1 Å². The first-order valence-corrected chi connectivity index (χ1v) is 10.8. The van der Waals surface area contributed by atoms with Crippen molar-refractivity contribution in [3.63, 3.8) is 0 Å². The van der Waals surface area contributed by atoms with E-state index in [0.29, 0.717) is 12.3 Å². The van der Waals surface area contributed by atoms with Crippen LogP contribution in [0.3, 0.4) is 0 Å². The van der Waals surface area contributed by atoms with Crippen molar-refractivity contribution in [2.45, 2.75) is 84.4 Å². The molecule has 3 unspecified atom stereocenters. The van der Waals surface area contributed by atoms with Gasteiger partial charge in [-0.1, -0.05) is 31.6 Å². The van der Waals surface area contributed by atoms with E-state index in [2.05, 4.69) is 36.6 Å². The van der Waals surface area contributed by atoms with Crippen molar-refractivity contribution in [2.24, 2.45) is 22.7 Å². The number of aliphatic hydroxyl groups is 1. The van der Waals surface area contributed by atoms with Crippen molar-refractivity contribution in [2.75, 3.05) is 0 Å². The van der Waals surface area contributed by atoms with Crippen LogP contribution in [0.4, 0.5) is 0 Å². The SMILES string of the molecule is CC(=O)NC1CC2CCC=C[C@]2(C)C2=C1[C@@H]1CCC(O)(NC(C)=O)[C@@]1(C)CC2. The molecule has 3 N–H and O–H groups in total. The number of hydrogen-bond donors (Lipinski definition) is 3. The molecule has 6 atom stereocenters. The number of rotatable bonds is 2. The van der Waals surface area contributed by atoms with E-state index < -0.39 is 11.1 Å². The highest BCUT2D eigenvalue weighted by Gasteiger charge is 2.62. The van der Waals surface area contributed by atoms with E-state index in [0.717, 1.165) is 38.5 Å². The zero-order chi connectivity index (χ0) is 20.3. The predicted octanol–water partition coefficient (Wildman–Crippen LogP) is 3.20. The van der Waals surface area contributed by atoms with Crippen molar-refractivity contribution in [1.29, 1.82) is 0 Å². The molecule has 1 fully saturated rings. The Labute approximate surface area is 168 Å². The number of carbonyl (C=O) groups excluding carboxylic acids is 2. The maximum absolute atomic E-state index is 12.0. The molecule has 1 saturated carbocycles. The molecule has 0 spiro atoms. The van der Waals surface area contributed by atoms with Crippen LogP contribution in [-0.2, 0) is 9.59 Å². The monoisotopic (exact) mass is 386 g/mol. The highest BCUT2D eigenvalue weighted by molar-refractivity contribution is 5.74. The van der Waals surface area contributed by atoms with Crippen molar-refractivity contribution in [3.8, 4) is 0 Å². The zero-order valence-electron chi connectivity index (χ0n) is 17.6. The fourth-order valence-electron chi connectivity index (χ4n) is 6.96. The Morgan fingerprint density at radius 2 is 1.89 bits per heavy atom. The van der Waals surface area contributed by atoms with Crippen LogP contribution >= 0.6 is 0 Å². The van der Waals surface area contributed by atoms with Crippen molar-refractivity contribution in [1.82, 2.24) is 10.6 Å². The van der Waals surface area contributed by atoms with E-state index in [1.807, 2.05) is 0 Å². The standard InChI is InChI=1S/C23H34N2O3/c1-14(26)24-19-13-16-7-5-6-10-21(16,3)17-8-11-22(4)18(20(17)19)9-12-23(22,28)25-15(2)27/h6,10,16,18-19,28H,5,7-9,11-13H2,1-4H3,(H,24,26)(H,25,27)/t16?,18-,19?,21-,22-,23?/m0/s1. The van der Waals surface area contributed by atoms with Crippen molar-refractivity contribution >= 4 is 11.8 Å². The largest absolute Gasteiger partial charge is 0.370 e. The first-order valence-electron chi connectivity index (χ1n) is 10.8. The molecule has 0 aliphatic heterocycles. The Morgan fingerprint density at radius 3 is 2.57 bits per heavy atom. The summed E-state index contributed by atoms with van der Waals surface area (Å²) >= 11 is 0. The lowest BCUT2D eigenvalue weighted by Crippen LogP contribution is -2.60. The van der Waals surface area contributed by atoms with Gasteiger partial charge in [-0.15, -0.1) is 0 Å². The summed E-state index contributed by atoms with van der Waals surface area (Å²) in [7, 11) is 0. The smallest absolute Gasteiger partial charge is 0.219 e. The molecule has 0 bridgehead atoms. The highest BCUT2D eigenvalue weighted by atomic mass is 16.3. The fourth-order valence-corrected chi connectivity index (χ4v) is 6.96. The number of allylic oxidation sites excluding steroid dienone is 3. The predicted molar refractivity (Wildman–Crippen MR) is 108 cm³/mol. The average Bonchev–Trinajstić information content (AvgIpc) is 2.85. The number of nitrogens with one attached hydrogen (secondary N) is 2. The Morgan fingerprint density at radius 1 is 1.14 bits per heavy atom. The minimum atomic E-state index is -1.18. The van der Waals surface area contributed by atoms with Gasteiger partial charge < -0.3 is 15.7 Å². The number of hydrogen-bond acceptors (Lipinski definition) is 3. The quantitative estimate of drug-likeness (QED) is 0.504. The van der Waals surface area contributed by atoms with Crippen LogP contribution < -0.4 is 10.6 Å². The molecule has 28 heavy (non-hydrogen) atoms. The van der Waals surface area contributed by atoms with Crippen LogP contribution in [-0.4, -0.2) is 28.7 Å². The topological polar surface area (TPSA) is 78.4 Å². The normalized spacial score (nSPS) is 44.4. The third-order valence-electron chi connectivity index (χ3n) is 8.43. The fraction of sp³-hybridized carbons (Fsp3) is 0.739. The zero-order valence-corrected chi connectivity index (χ0v) is 17.6. The minimum absolute atomic E-state index is 0.00852. The Bertz CT molecular complexity index is 772. The van der Waals surface area contributed by atoms with E-state index in [4.69, 9.17) is 0 Å². The van der Waals surface area contributed by atoms with Gasteiger partial charge in [-0.2, -0.15) is 0 Å². The van der Waals surface area contributed by atoms with Crippen LogP contribution in [0.25, 0.3) is 0 Å². The summed E-state index contributed by atoms with van der Waals surface area (Å²) in [5.74, 6) is 0.550. The summed E-state index contributed by atoms with van der Waals surface area (Å²) < 4.78 is 0. The summed E-state index contributed by atoms with van der Waals surface area (Å²) in [5, 5.41) is 17.5. The lowest BCUT2D eigenvalue weighted by Gasteiger charge is -2.55. The molecule has 4 aliphatic carbocycles. The highest BCUT2D eigenvalue weighted by Crippen LogP contribution is 2.64. The second-order valence-electron chi connectivity index (χ2n) is 9.93. The maximum Gasteiger partial charge on any atom is 0.219 e. The van der Waals surface area contributed by atoms with Crippen LogP contribution in [0, 0.1) is 22.7 Å². The second kappa shape index (κ2) is 6.45. The van der Waals surface area contributed by atoms with Crippen LogP contribution in [0.1, 0.15) is 72.6 Å². The van der Waals surface area contributed by atoms with Gasteiger partial charge in [0.15, 0.2) is 0 Å². The molecule has 0 aromatic rings. The molecule has 4 rings (SSSR count). The van der Waals surface area contributed by atoms with Gasteiger partial charge in [0.1, 0.15) is 5.72 Å². The van der Waals surface area contributed by atoms with Gasteiger partial charge in [-0.3, -0.25) is 9.59 Å². The van der Waals surface area contributed by atoms with Crippen LogP contribution in [0.5, 0.6) is 0 Å². The third kappa shape index (κ3) is 2.69. The van der Waals surface area contributed by atoms with Crippen molar-refractivity contribution < 1.29 is 14.7 Å². The molecule has 2 amide bonds. The molecule has 0 heterocycles. The lowest BCUT2D eigenvalue weighted by molar-refractivity contribution is -0.140. The van der Waals surface area contributed by atoms with Crippen LogP contribution in [0.15, 0.2) is 23.3 Å². The molecule has 5 nitrogen and oxygen atoms in total. The van der Waals surface area contributed by atoms with Crippen LogP contribution in [0.2, 0.25) is 0 Å². The Kier molecular flexibility index (Phi) is 4.53. The molecule has 0 aromatic heterocycles. The number of amides is 2. The number of fused-ring (bicyclic) bond motifs is 4. The van der Waals surface area contributed by atoms with Gasteiger partial charge in [0.05, 0.1) is 6.04 Å². The first kappa shape index (κ1) is 19.7. The summed E-state index contributed by atoms with van der Waals surface area (Å²) in [6.07, 6.45) is 11.1. The molecule has 4 aliphatic rings. The van der Waals surface area contributed by atoms with Gasteiger partial charge >= 0.3 is 0 Å². The molecular weight excluding hydrogens is 352 g/mol. The summed E-state index contributed by atoms with van der Waals surface area (Å²) in [6, 6.07) is 0.0429. The molecule has 0 radical (unpaired) electrons. The minimum Gasteiger partial charge on any atom is -0.370 e. The van der Waals surface area contributed by atoms with Gasteiger partial charge in [0, 0.05) is 24.7 Å². The average molecular weight is 387 g/mol. The Balaban J connectivity index is 1.82. The van der Waals surface area contributed by atoms with Gasteiger partial charge in [-0.05, 0) is 62.4 Å². The van der Waals surface area contributed by atoms with Gasteiger partial charge in [0.25, 0.3) is 0 Å².